The SMILES string of the molecule is CC[C@@H](C)c1ccccc1NC(=O)c1sc2cc(Cl)ccc2c1Cl. The summed E-state index contributed by atoms with van der Waals surface area (Å²) < 4.78 is 0.910. The maximum atomic E-state index is 12.7. The fourth-order valence-electron chi connectivity index (χ4n) is 2.62. The van der Waals surface area contributed by atoms with Gasteiger partial charge < -0.3 is 5.32 Å². The molecule has 0 aliphatic heterocycles. The minimum atomic E-state index is -0.187. The zero-order chi connectivity index (χ0) is 17.3. The Labute approximate surface area is 155 Å². The third-order valence-electron chi connectivity index (χ3n) is 4.15. The average molecular weight is 378 g/mol. The van der Waals surface area contributed by atoms with Crippen molar-refractivity contribution in [3.63, 3.8) is 0 Å². The molecule has 0 saturated carbocycles. The number of nitrogens with one attached hydrogen (secondary N) is 1. The number of halogens is 2. The van der Waals surface area contributed by atoms with Crippen molar-refractivity contribution < 1.29 is 4.79 Å². The quantitative estimate of drug-likeness (QED) is 0.522. The fraction of sp³-hybridized carbons (Fsp3) is 0.211. The lowest BCUT2D eigenvalue weighted by Gasteiger charge is -2.15. The number of para-hydroxylation sites is 1. The Morgan fingerprint density at radius 3 is 2.71 bits per heavy atom. The molecule has 1 amide bonds. The molecule has 0 fully saturated rings. The van der Waals surface area contributed by atoms with Crippen LogP contribution in [0.3, 0.4) is 0 Å². The van der Waals surface area contributed by atoms with E-state index in [-0.39, 0.29) is 5.91 Å². The van der Waals surface area contributed by atoms with Crippen molar-refractivity contribution in [3.8, 4) is 0 Å². The number of hydrogen-bond donors (Lipinski definition) is 1. The number of hydrogen-bond acceptors (Lipinski definition) is 2. The minimum absolute atomic E-state index is 0.187. The Balaban J connectivity index is 1.95. The topological polar surface area (TPSA) is 29.1 Å². The Morgan fingerprint density at radius 1 is 1.21 bits per heavy atom. The van der Waals surface area contributed by atoms with Crippen molar-refractivity contribution in [1.29, 1.82) is 0 Å². The number of amides is 1. The van der Waals surface area contributed by atoms with Gasteiger partial charge in [-0.05, 0) is 36.1 Å². The van der Waals surface area contributed by atoms with Crippen LogP contribution >= 0.6 is 34.5 Å². The van der Waals surface area contributed by atoms with Gasteiger partial charge in [-0.1, -0.05) is 61.3 Å². The van der Waals surface area contributed by atoms with Crippen LogP contribution in [-0.4, -0.2) is 5.91 Å². The molecule has 0 aliphatic rings. The van der Waals surface area contributed by atoms with Gasteiger partial charge >= 0.3 is 0 Å². The van der Waals surface area contributed by atoms with Gasteiger partial charge in [0.15, 0.2) is 0 Å². The molecule has 124 valence electrons. The third kappa shape index (κ3) is 3.30. The Bertz CT molecular complexity index is 904. The summed E-state index contributed by atoms with van der Waals surface area (Å²) in [6.07, 6.45) is 1.01. The number of fused-ring (bicyclic) bond motifs is 1. The molecule has 1 N–H and O–H groups in total. The summed E-state index contributed by atoms with van der Waals surface area (Å²) in [5.74, 6) is 0.186. The zero-order valence-corrected chi connectivity index (χ0v) is 15.7. The lowest BCUT2D eigenvalue weighted by Crippen LogP contribution is -2.13. The standard InChI is InChI=1S/C19H17Cl2NOS/c1-3-11(2)13-6-4-5-7-15(13)22-19(23)18-17(21)14-9-8-12(20)10-16(14)24-18/h4-11H,3H2,1-2H3,(H,22,23)/t11-/m1/s1. The van der Waals surface area contributed by atoms with Crippen LogP contribution in [0.2, 0.25) is 10.0 Å². The summed E-state index contributed by atoms with van der Waals surface area (Å²) in [4.78, 5) is 13.2. The number of benzene rings is 2. The number of anilines is 1. The summed E-state index contributed by atoms with van der Waals surface area (Å²) in [7, 11) is 0. The highest BCUT2D eigenvalue weighted by molar-refractivity contribution is 7.21. The van der Waals surface area contributed by atoms with Gasteiger partial charge in [0.05, 0.1) is 5.02 Å². The zero-order valence-electron chi connectivity index (χ0n) is 13.4. The summed E-state index contributed by atoms with van der Waals surface area (Å²) >= 11 is 13.8. The van der Waals surface area contributed by atoms with E-state index in [1.165, 1.54) is 11.3 Å². The number of carbonyl (C=O) groups is 1. The van der Waals surface area contributed by atoms with Gasteiger partial charge in [-0.2, -0.15) is 0 Å². The molecule has 0 bridgehead atoms. The molecular weight excluding hydrogens is 361 g/mol. The first-order chi connectivity index (χ1) is 11.5. The lowest BCUT2D eigenvalue weighted by atomic mass is 9.97. The van der Waals surface area contributed by atoms with E-state index in [0.717, 1.165) is 27.8 Å². The van der Waals surface area contributed by atoms with Crippen LogP contribution < -0.4 is 5.32 Å². The number of thiophene rings is 1. The monoisotopic (exact) mass is 377 g/mol. The van der Waals surface area contributed by atoms with Crippen molar-refractivity contribution in [2.24, 2.45) is 0 Å². The van der Waals surface area contributed by atoms with E-state index < -0.39 is 0 Å². The first-order valence-corrected chi connectivity index (χ1v) is 9.36. The van der Waals surface area contributed by atoms with Gasteiger partial charge in [0.1, 0.15) is 4.88 Å². The Hall–Kier alpha value is -1.55. The molecule has 3 aromatic rings. The van der Waals surface area contributed by atoms with Gasteiger partial charge in [-0.25, -0.2) is 0 Å². The highest BCUT2D eigenvalue weighted by Crippen LogP contribution is 2.37. The van der Waals surface area contributed by atoms with Crippen LogP contribution in [-0.2, 0) is 0 Å². The van der Waals surface area contributed by atoms with Crippen LogP contribution in [0, 0.1) is 0 Å². The second-order valence-electron chi connectivity index (χ2n) is 5.74. The summed E-state index contributed by atoms with van der Waals surface area (Å²) in [5, 5.41) is 4.98. The summed E-state index contributed by atoms with van der Waals surface area (Å²) in [6, 6.07) is 13.4. The van der Waals surface area contributed by atoms with Gasteiger partial charge in [-0.15, -0.1) is 11.3 Å². The molecule has 3 rings (SSSR count). The number of rotatable bonds is 4. The van der Waals surface area contributed by atoms with Crippen molar-refractivity contribution in [1.82, 2.24) is 0 Å². The van der Waals surface area contributed by atoms with E-state index in [2.05, 4.69) is 25.2 Å². The van der Waals surface area contributed by atoms with E-state index in [4.69, 9.17) is 23.2 Å². The largest absolute Gasteiger partial charge is 0.321 e. The molecule has 1 heterocycles. The minimum Gasteiger partial charge on any atom is -0.321 e. The van der Waals surface area contributed by atoms with E-state index in [1.807, 2.05) is 30.3 Å². The van der Waals surface area contributed by atoms with Crippen LogP contribution in [0.5, 0.6) is 0 Å². The van der Waals surface area contributed by atoms with E-state index >= 15 is 0 Å². The van der Waals surface area contributed by atoms with Crippen molar-refractivity contribution in [2.45, 2.75) is 26.2 Å². The molecule has 0 radical (unpaired) electrons. The van der Waals surface area contributed by atoms with Crippen molar-refractivity contribution >= 4 is 56.2 Å². The van der Waals surface area contributed by atoms with Crippen LogP contribution in [0.25, 0.3) is 10.1 Å². The van der Waals surface area contributed by atoms with E-state index in [1.54, 1.807) is 6.07 Å². The predicted molar refractivity (Wildman–Crippen MR) is 105 cm³/mol. The van der Waals surface area contributed by atoms with Crippen molar-refractivity contribution in [3.05, 3.63) is 63.0 Å². The predicted octanol–water partition coefficient (Wildman–Crippen LogP) is 6.97. The summed E-state index contributed by atoms with van der Waals surface area (Å²) in [6.45, 7) is 4.29. The molecule has 5 heteroatoms. The maximum absolute atomic E-state index is 12.7. The second-order valence-corrected chi connectivity index (χ2v) is 7.60. The van der Waals surface area contributed by atoms with Gasteiger partial charge in [-0.3, -0.25) is 4.79 Å². The van der Waals surface area contributed by atoms with Gasteiger partial charge in [0, 0.05) is 20.8 Å². The van der Waals surface area contributed by atoms with Gasteiger partial charge in [0.25, 0.3) is 5.91 Å². The molecule has 0 spiro atoms. The Kier molecular flexibility index (Phi) is 5.14. The first kappa shape index (κ1) is 17.3. The van der Waals surface area contributed by atoms with Gasteiger partial charge in [0.2, 0.25) is 0 Å². The normalized spacial score (nSPS) is 12.3. The maximum Gasteiger partial charge on any atom is 0.267 e. The molecular formula is C19H17Cl2NOS. The summed E-state index contributed by atoms with van der Waals surface area (Å²) in [5.41, 5.74) is 1.97. The first-order valence-electron chi connectivity index (χ1n) is 7.79. The molecule has 1 atom stereocenters. The molecule has 0 saturated heterocycles. The van der Waals surface area contributed by atoms with Crippen LogP contribution in [0.4, 0.5) is 5.69 Å². The molecule has 0 unspecified atom stereocenters. The molecule has 2 aromatic carbocycles. The number of carbonyl (C=O) groups excluding carboxylic acids is 1. The molecule has 24 heavy (non-hydrogen) atoms. The third-order valence-corrected chi connectivity index (χ3v) is 6.04. The highest BCUT2D eigenvalue weighted by Gasteiger charge is 2.19. The molecule has 0 aliphatic carbocycles. The second kappa shape index (κ2) is 7.14. The lowest BCUT2D eigenvalue weighted by molar-refractivity contribution is 0.103. The van der Waals surface area contributed by atoms with E-state index in [0.29, 0.717) is 20.8 Å². The fourth-order valence-corrected chi connectivity index (χ4v) is 4.31. The highest BCUT2D eigenvalue weighted by atomic mass is 35.5. The van der Waals surface area contributed by atoms with Crippen molar-refractivity contribution in [2.75, 3.05) is 5.32 Å². The average Bonchev–Trinajstić information content (AvgIpc) is 2.90. The smallest absolute Gasteiger partial charge is 0.267 e. The Morgan fingerprint density at radius 2 is 1.96 bits per heavy atom. The van der Waals surface area contributed by atoms with E-state index in [9.17, 15) is 4.79 Å². The molecule has 2 nitrogen and oxygen atoms in total. The van der Waals surface area contributed by atoms with Crippen LogP contribution in [0.15, 0.2) is 42.5 Å². The van der Waals surface area contributed by atoms with Crippen LogP contribution in [0.1, 0.15) is 41.4 Å². The molecule has 1 aromatic heterocycles.